The zero-order valence-corrected chi connectivity index (χ0v) is 9.46. The van der Waals surface area contributed by atoms with Crippen LogP contribution in [-0.4, -0.2) is 32.1 Å². The first-order valence-electron chi connectivity index (χ1n) is 5.64. The van der Waals surface area contributed by atoms with Crippen LogP contribution >= 0.6 is 0 Å². The molecular formula is C11H12N4O3. The molecule has 0 bridgehead atoms. The molecule has 0 aliphatic carbocycles. The number of nitrogens with two attached hydrogens (primary N) is 1. The minimum atomic E-state index is -0.934. The number of nitrogens with one attached hydrogen (secondary N) is 1. The van der Waals surface area contributed by atoms with Gasteiger partial charge in [0.05, 0.1) is 5.52 Å². The molecule has 1 aliphatic heterocycles. The lowest BCUT2D eigenvalue weighted by Crippen LogP contribution is -2.18. The Hall–Kier alpha value is -2.15. The number of fused-ring (bicyclic) bond motifs is 1. The van der Waals surface area contributed by atoms with Crippen molar-refractivity contribution in [2.24, 2.45) is 0 Å². The topological polar surface area (TPSA) is 114 Å². The van der Waals surface area contributed by atoms with Crippen LogP contribution in [0.15, 0.2) is 12.1 Å². The van der Waals surface area contributed by atoms with Crippen molar-refractivity contribution in [1.82, 2.24) is 15.0 Å². The molecule has 4 N–H and O–H groups in total. The molecule has 0 saturated carbocycles. The Labute approximate surface area is 102 Å². The van der Waals surface area contributed by atoms with Gasteiger partial charge in [-0.25, -0.2) is 14.8 Å². The van der Waals surface area contributed by atoms with Crippen molar-refractivity contribution in [2.75, 3.05) is 5.73 Å². The fourth-order valence-electron chi connectivity index (χ4n) is 2.10. The van der Waals surface area contributed by atoms with E-state index in [-0.39, 0.29) is 6.10 Å². The fourth-order valence-corrected chi connectivity index (χ4v) is 2.10. The SMILES string of the molecule is Nc1ccc2[nH]c(C3CCC(C(=O)O)O3)nc2n1. The number of H-pyrrole nitrogens is 1. The average molecular weight is 248 g/mol. The highest BCUT2D eigenvalue weighted by atomic mass is 16.5. The van der Waals surface area contributed by atoms with Crippen molar-refractivity contribution in [3.8, 4) is 0 Å². The summed E-state index contributed by atoms with van der Waals surface area (Å²) in [5, 5.41) is 8.87. The van der Waals surface area contributed by atoms with E-state index in [9.17, 15) is 4.79 Å². The normalized spacial score (nSPS) is 23.6. The molecule has 3 heterocycles. The highest BCUT2D eigenvalue weighted by Gasteiger charge is 2.33. The summed E-state index contributed by atoms with van der Waals surface area (Å²) in [6.45, 7) is 0. The molecule has 0 amide bonds. The number of nitrogen functional groups attached to an aromatic ring is 1. The monoisotopic (exact) mass is 248 g/mol. The largest absolute Gasteiger partial charge is 0.479 e. The van der Waals surface area contributed by atoms with E-state index in [1.165, 1.54) is 0 Å². The summed E-state index contributed by atoms with van der Waals surface area (Å²) >= 11 is 0. The molecule has 2 aromatic heterocycles. The number of anilines is 1. The van der Waals surface area contributed by atoms with E-state index in [1.54, 1.807) is 12.1 Å². The molecule has 0 radical (unpaired) electrons. The summed E-state index contributed by atoms with van der Waals surface area (Å²) in [6, 6.07) is 3.47. The van der Waals surface area contributed by atoms with Gasteiger partial charge in [-0.15, -0.1) is 0 Å². The van der Waals surface area contributed by atoms with Gasteiger partial charge in [0.15, 0.2) is 11.8 Å². The number of aromatic amines is 1. The molecule has 1 aliphatic rings. The van der Waals surface area contributed by atoms with Gasteiger partial charge in [-0.2, -0.15) is 0 Å². The maximum absolute atomic E-state index is 10.8. The van der Waals surface area contributed by atoms with Crippen LogP contribution in [0.3, 0.4) is 0 Å². The van der Waals surface area contributed by atoms with E-state index in [1.807, 2.05) is 0 Å². The van der Waals surface area contributed by atoms with Crippen molar-refractivity contribution in [2.45, 2.75) is 25.0 Å². The number of aliphatic carboxylic acids is 1. The molecule has 3 rings (SSSR count). The van der Waals surface area contributed by atoms with E-state index in [0.717, 1.165) is 5.52 Å². The Morgan fingerprint density at radius 1 is 1.44 bits per heavy atom. The van der Waals surface area contributed by atoms with Crippen molar-refractivity contribution in [1.29, 1.82) is 0 Å². The van der Waals surface area contributed by atoms with Crippen LogP contribution in [0.2, 0.25) is 0 Å². The third-order valence-electron chi connectivity index (χ3n) is 2.99. The highest BCUT2D eigenvalue weighted by Crippen LogP contribution is 2.32. The van der Waals surface area contributed by atoms with Gasteiger partial charge in [-0.05, 0) is 25.0 Å². The molecule has 1 fully saturated rings. The second-order valence-corrected chi connectivity index (χ2v) is 4.26. The van der Waals surface area contributed by atoms with Gasteiger partial charge in [0, 0.05) is 0 Å². The van der Waals surface area contributed by atoms with Gasteiger partial charge in [-0.3, -0.25) is 0 Å². The number of aromatic nitrogens is 3. The smallest absolute Gasteiger partial charge is 0.332 e. The predicted octanol–water partition coefficient (Wildman–Crippen LogP) is 0.845. The number of rotatable bonds is 2. The van der Waals surface area contributed by atoms with Crippen molar-refractivity contribution >= 4 is 23.0 Å². The van der Waals surface area contributed by atoms with Crippen molar-refractivity contribution in [3.05, 3.63) is 18.0 Å². The minimum absolute atomic E-state index is 0.318. The lowest BCUT2D eigenvalue weighted by Gasteiger charge is -2.07. The van der Waals surface area contributed by atoms with Crippen LogP contribution < -0.4 is 5.73 Å². The molecule has 2 atom stereocenters. The number of hydrogen-bond acceptors (Lipinski definition) is 5. The van der Waals surface area contributed by atoms with E-state index >= 15 is 0 Å². The fraction of sp³-hybridized carbons (Fsp3) is 0.364. The number of nitrogens with zero attached hydrogens (tertiary/aromatic N) is 2. The number of carboxylic acids is 1. The summed E-state index contributed by atoms with van der Waals surface area (Å²) in [4.78, 5) is 22.3. The summed E-state index contributed by atoms with van der Waals surface area (Å²) in [5.41, 5.74) is 6.86. The van der Waals surface area contributed by atoms with Gasteiger partial charge >= 0.3 is 5.97 Å². The summed E-state index contributed by atoms with van der Waals surface area (Å²) in [6.07, 6.45) is 0.0570. The minimum Gasteiger partial charge on any atom is -0.479 e. The standard InChI is InChI=1S/C11H12N4O3/c12-8-4-1-5-9(14-8)15-10(13-5)6-2-3-7(18-6)11(16)17/h1,4,6-7H,2-3H2,(H,16,17)(H3,12,13,14,15). The summed E-state index contributed by atoms with van der Waals surface area (Å²) < 4.78 is 5.42. The molecule has 7 nitrogen and oxygen atoms in total. The number of imidazole rings is 1. The van der Waals surface area contributed by atoms with Crippen LogP contribution in [0, 0.1) is 0 Å². The first-order valence-corrected chi connectivity index (χ1v) is 5.64. The zero-order chi connectivity index (χ0) is 12.7. The lowest BCUT2D eigenvalue weighted by molar-refractivity contribution is -0.149. The van der Waals surface area contributed by atoms with Crippen molar-refractivity contribution < 1.29 is 14.6 Å². The first kappa shape index (κ1) is 11.0. The van der Waals surface area contributed by atoms with Gasteiger partial charge in [0.2, 0.25) is 0 Å². The molecular weight excluding hydrogens is 236 g/mol. The Morgan fingerprint density at radius 3 is 3.00 bits per heavy atom. The zero-order valence-electron chi connectivity index (χ0n) is 9.46. The Kier molecular flexibility index (Phi) is 2.41. The summed E-state index contributed by atoms with van der Waals surface area (Å²) in [7, 11) is 0. The van der Waals surface area contributed by atoms with E-state index in [0.29, 0.717) is 30.1 Å². The quantitative estimate of drug-likeness (QED) is 0.725. The van der Waals surface area contributed by atoms with Crippen LogP contribution in [0.1, 0.15) is 24.8 Å². The van der Waals surface area contributed by atoms with Gasteiger partial charge in [-0.1, -0.05) is 0 Å². The molecule has 0 spiro atoms. The second kappa shape index (κ2) is 3.95. The number of ether oxygens (including phenoxy) is 1. The Bertz CT molecular complexity index is 609. The maximum atomic E-state index is 10.8. The number of carboxylic acid groups (broad SMARTS) is 1. The number of pyridine rings is 1. The maximum Gasteiger partial charge on any atom is 0.332 e. The molecule has 7 heteroatoms. The second-order valence-electron chi connectivity index (χ2n) is 4.26. The average Bonchev–Trinajstić information content (AvgIpc) is 2.93. The molecule has 94 valence electrons. The van der Waals surface area contributed by atoms with Gasteiger partial charge in [0.25, 0.3) is 0 Å². The van der Waals surface area contributed by atoms with Crippen LogP contribution in [-0.2, 0) is 9.53 Å². The number of carbonyl (C=O) groups is 1. The van der Waals surface area contributed by atoms with Gasteiger partial charge in [0.1, 0.15) is 17.7 Å². The predicted molar refractivity (Wildman–Crippen MR) is 62.8 cm³/mol. The molecule has 1 saturated heterocycles. The molecule has 0 aromatic carbocycles. The first-order chi connectivity index (χ1) is 8.63. The number of hydrogen-bond donors (Lipinski definition) is 3. The lowest BCUT2D eigenvalue weighted by atomic mass is 10.2. The third-order valence-corrected chi connectivity index (χ3v) is 2.99. The third kappa shape index (κ3) is 1.78. The summed E-state index contributed by atoms with van der Waals surface area (Å²) in [5.74, 6) is 0.0686. The van der Waals surface area contributed by atoms with Crippen LogP contribution in [0.5, 0.6) is 0 Å². The van der Waals surface area contributed by atoms with E-state index in [2.05, 4.69) is 15.0 Å². The molecule has 18 heavy (non-hydrogen) atoms. The van der Waals surface area contributed by atoms with Crippen LogP contribution in [0.25, 0.3) is 11.2 Å². The van der Waals surface area contributed by atoms with E-state index in [4.69, 9.17) is 15.6 Å². The van der Waals surface area contributed by atoms with E-state index < -0.39 is 12.1 Å². The van der Waals surface area contributed by atoms with Crippen LogP contribution in [0.4, 0.5) is 5.82 Å². The highest BCUT2D eigenvalue weighted by molar-refractivity contribution is 5.73. The Morgan fingerprint density at radius 2 is 2.28 bits per heavy atom. The molecule has 2 unspecified atom stereocenters. The Balaban J connectivity index is 1.89. The van der Waals surface area contributed by atoms with Gasteiger partial charge < -0.3 is 20.6 Å². The van der Waals surface area contributed by atoms with Crippen molar-refractivity contribution in [3.63, 3.8) is 0 Å². The molecule has 2 aromatic rings.